The van der Waals surface area contributed by atoms with Crippen molar-refractivity contribution in [2.45, 2.75) is 17.9 Å². The normalized spacial score (nSPS) is 14.0. The van der Waals surface area contributed by atoms with Crippen molar-refractivity contribution < 1.29 is 17.9 Å². The minimum atomic E-state index is -3.79. The molecule has 0 aliphatic carbocycles. The molecule has 0 spiro atoms. The summed E-state index contributed by atoms with van der Waals surface area (Å²) in [7, 11) is -2.29. The van der Waals surface area contributed by atoms with Crippen LogP contribution in [0.5, 0.6) is 5.75 Å². The molecule has 8 heteroatoms. The van der Waals surface area contributed by atoms with E-state index >= 15 is 0 Å². The zero-order valence-corrected chi connectivity index (χ0v) is 18.4. The van der Waals surface area contributed by atoms with Crippen LogP contribution in [0.15, 0.2) is 71.6 Å². The van der Waals surface area contributed by atoms with Gasteiger partial charge in [-0.1, -0.05) is 48.0 Å². The molecule has 4 rings (SSSR count). The largest absolute Gasteiger partial charge is 0.495 e. The van der Waals surface area contributed by atoms with Crippen molar-refractivity contribution in [3.05, 3.63) is 88.4 Å². The molecule has 1 aliphatic heterocycles. The van der Waals surface area contributed by atoms with Crippen molar-refractivity contribution in [2.75, 3.05) is 19.0 Å². The van der Waals surface area contributed by atoms with E-state index in [1.807, 2.05) is 24.3 Å². The molecule has 0 saturated carbocycles. The van der Waals surface area contributed by atoms with Crippen molar-refractivity contribution >= 4 is 33.2 Å². The Kier molecular flexibility index (Phi) is 6.00. The monoisotopic (exact) mass is 456 g/mol. The van der Waals surface area contributed by atoms with Crippen molar-refractivity contribution in [1.82, 2.24) is 4.31 Å². The molecule has 1 heterocycles. The lowest BCUT2D eigenvalue weighted by Crippen LogP contribution is -2.36. The molecule has 0 atom stereocenters. The predicted molar refractivity (Wildman–Crippen MR) is 120 cm³/mol. The number of para-hydroxylation sites is 2. The van der Waals surface area contributed by atoms with E-state index in [0.29, 0.717) is 30.9 Å². The van der Waals surface area contributed by atoms with Crippen LogP contribution in [0.1, 0.15) is 21.5 Å². The van der Waals surface area contributed by atoms with E-state index in [1.54, 1.807) is 24.3 Å². The maximum absolute atomic E-state index is 13.3. The van der Waals surface area contributed by atoms with E-state index in [4.69, 9.17) is 16.3 Å². The lowest BCUT2D eigenvalue weighted by Gasteiger charge is -2.28. The highest BCUT2D eigenvalue weighted by molar-refractivity contribution is 7.89. The van der Waals surface area contributed by atoms with Gasteiger partial charge in [-0.15, -0.1) is 0 Å². The Labute approximate surface area is 186 Å². The Hall–Kier alpha value is -2.87. The number of fused-ring (bicyclic) bond motifs is 1. The maximum Gasteiger partial charge on any atom is 0.257 e. The molecule has 0 fully saturated rings. The van der Waals surface area contributed by atoms with Crippen molar-refractivity contribution in [1.29, 1.82) is 0 Å². The van der Waals surface area contributed by atoms with E-state index in [0.717, 1.165) is 11.1 Å². The van der Waals surface area contributed by atoms with Crippen LogP contribution in [0.2, 0.25) is 5.02 Å². The van der Waals surface area contributed by atoms with Gasteiger partial charge in [-0.25, -0.2) is 8.42 Å². The summed E-state index contributed by atoms with van der Waals surface area (Å²) in [4.78, 5) is 12.9. The fourth-order valence-electron chi connectivity index (χ4n) is 3.60. The maximum atomic E-state index is 13.3. The van der Waals surface area contributed by atoms with Gasteiger partial charge in [0.25, 0.3) is 5.91 Å². The number of methoxy groups -OCH3 is 1. The first kappa shape index (κ1) is 21.4. The number of rotatable bonds is 5. The summed E-state index contributed by atoms with van der Waals surface area (Å²) < 4.78 is 33.2. The van der Waals surface area contributed by atoms with Gasteiger partial charge in [-0.05, 0) is 47.9 Å². The molecule has 0 saturated heterocycles. The zero-order chi connectivity index (χ0) is 22.0. The SMILES string of the molecule is COc1ccccc1NC(=O)c1cc(S(=O)(=O)N2CCc3ccccc3C2)ccc1Cl. The van der Waals surface area contributed by atoms with Crippen LogP contribution < -0.4 is 10.1 Å². The van der Waals surface area contributed by atoms with Gasteiger partial charge in [-0.2, -0.15) is 4.31 Å². The number of anilines is 1. The molecule has 31 heavy (non-hydrogen) atoms. The molecule has 1 amide bonds. The molecule has 3 aromatic rings. The average molecular weight is 457 g/mol. The van der Waals surface area contributed by atoms with Crippen molar-refractivity contribution in [2.24, 2.45) is 0 Å². The zero-order valence-electron chi connectivity index (χ0n) is 16.8. The molecule has 0 aromatic heterocycles. The molecule has 0 unspecified atom stereocenters. The van der Waals surface area contributed by atoms with Crippen molar-refractivity contribution in [3.8, 4) is 5.75 Å². The van der Waals surface area contributed by atoms with Gasteiger partial charge in [0, 0.05) is 13.1 Å². The van der Waals surface area contributed by atoms with E-state index in [2.05, 4.69) is 5.32 Å². The number of sulfonamides is 1. The molecular formula is C23H21ClN2O4S. The highest BCUT2D eigenvalue weighted by Gasteiger charge is 2.29. The van der Waals surface area contributed by atoms with Crippen molar-refractivity contribution in [3.63, 3.8) is 0 Å². The second-order valence-corrected chi connectivity index (χ2v) is 9.50. The Bertz CT molecular complexity index is 1240. The molecule has 1 N–H and O–H groups in total. The summed E-state index contributed by atoms with van der Waals surface area (Å²) in [6.45, 7) is 0.675. The predicted octanol–water partition coefficient (Wildman–Crippen LogP) is 4.35. The molecule has 3 aromatic carbocycles. The minimum Gasteiger partial charge on any atom is -0.495 e. The topological polar surface area (TPSA) is 75.7 Å². The number of nitrogens with zero attached hydrogens (tertiary/aromatic N) is 1. The van der Waals surface area contributed by atoms with Gasteiger partial charge in [0.05, 0.1) is 28.3 Å². The molecule has 0 radical (unpaired) electrons. The Morgan fingerprint density at radius 2 is 1.74 bits per heavy atom. The number of hydrogen-bond acceptors (Lipinski definition) is 4. The van der Waals surface area contributed by atoms with Crippen LogP contribution in [0.3, 0.4) is 0 Å². The van der Waals surface area contributed by atoms with E-state index in [-0.39, 0.29) is 15.5 Å². The van der Waals surface area contributed by atoms with Crippen LogP contribution in [0, 0.1) is 0 Å². The lowest BCUT2D eigenvalue weighted by molar-refractivity contribution is 0.102. The van der Waals surface area contributed by atoms with Crippen LogP contribution in [-0.4, -0.2) is 32.3 Å². The van der Waals surface area contributed by atoms with Gasteiger partial charge in [0.2, 0.25) is 10.0 Å². The Balaban J connectivity index is 1.62. The number of carbonyl (C=O) groups is 1. The van der Waals surface area contributed by atoms with Crippen LogP contribution in [0.4, 0.5) is 5.69 Å². The van der Waals surface area contributed by atoms with E-state index in [1.165, 1.54) is 29.6 Å². The molecule has 6 nitrogen and oxygen atoms in total. The van der Waals surface area contributed by atoms with Gasteiger partial charge in [0.15, 0.2) is 0 Å². The number of benzene rings is 3. The second kappa shape index (κ2) is 8.70. The summed E-state index contributed by atoms with van der Waals surface area (Å²) in [6.07, 6.45) is 0.643. The molecule has 160 valence electrons. The summed E-state index contributed by atoms with van der Waals surface area (Å²) in [5.41, 5.74) is 2.68. The van der Waals surface area contributed by atoms with E-state index in [9.17, 15) is 13.2 Å². The van der Waals surface area contributed by atoms with Crippen LogP contribution in [-0.2, 0) is 23.0 Å². The highest BCUT2D eigenvalue weighted by atomic mass is 35.5. The number of hydrogen-bond donors (Lipinski definition) is 1. The Morgan fingerprint density at radius 1 is 1.03 bits per heavy atom. The lowest BCUT2D eigenvalue weighted by atomic mass is 10.0. The minimum absolute atomic E-state index is 0.0291. The van der Waals surface area contributed by atoms with Gasteiger partial charge < -0.3 is 10.1 Å². The molecule has 0 bridgehead atoms. The average Bonchev–Trinajstić information content (AvgIpc) is 2.79. The molecule has 1 aliphatic rings. The van der Waals surface area contributed by atoms with E-state index < -0.39 is 15.9 Å². The number of halogens is 1. The third kappa shape index (κ3) is 4.30. The third-order valence-electron chi connectivity index (χ3n) is 5.27. The fourth-order valence-corrected chi connectivity index (χ4v) is 5.25. The molecular weight excluding hydrogens is 436 g/mol. The number of nitrogens with one attached hydrogen (secondary N) is 1. The summed E-state index contributed by atoms with van der Waals surface area (Å²) in [5.74, 6) is -0.0294. The first-order chi connectivity index (χ1) is 14.9. The first-order valence-corrected chi connectivity index (χ1v) is 11.5. The summed E-state index contributed by atoms with van der Waals surface area (Å²) in [6, 6.07) is 18.9. The summed E-state index contributed by atoms with van der Waals surface area (Å²) >= 11 is 6.23. The number of carbonyl (C=O) groups excluding carboxylic acids is 1. The number of ether oxygens (including phenoxy) is 1. The fraction of sp³-hybridized carbons (Fsp3) is 0.174. The van der Waals surface area contributed by atoms with Gasteiger partial charge in [0.1, 0.15) is 5.75 Å². The van der Waals surface area contributed by atoms with Crippen LogP contribution in [0.25, 0.3) is 0 Å². The summed E-state index contributed by atoms with van der Waals surface area (Å²) in [5, 5.41) is 2.90. The van der Waals surface area contributed by atoms with Crippen LogP contribution >= 0.6 is 11.6 Å². The second-order valence-electron chi connectivity index (χ2n) is 7.15. The Morgan fingerprint density at radius 3 is 2.52 bits per heavy atom. The highest BCUT2D eigenvalue weighted by Crippen LogP contribution is 2.29. The third-order valence-corrected chi connectivity index (χ3v) is 7.44. The smallest absolute Gasteiger partial charge is 0.257 e. The quantitative estimate of drug-likeness (QED) is 0.619. The standard InChI is InChI=1S/C23H21ClN2O4S/c1-30-22-9-5-4-8-21(22)25-23(27)19-14-18(10-11-20(19)24)31(28,29)26-13-12-16-6-2-3-7-17(16)15-26/h2-11,14H,12-13,15H2,1H3,(H,25,27). The number of amides is 1. The first-order valence-electron chi connectivity index (χ1n) is 9.71. The van der Waals surface area contributed by atoms with Gasteiger partial charge >= 0.3 is 0 Å². The van der Waals surface area contributed by atoms with Gasteiger partial charge in [-0.3, -0.25) is 4.79 Å².